The normalized spacial score (nSPS) is 11.8. The summed E-state index contributed by atoms with van der Waals surface area (Å²) in [6.07, 6.45) is 0. The summed E-state index contributed by atoms with van der Waals surface area (Å²) in [6.45, 7) is 6.67. The SMILES string of the molecule is Cc1cc(C)c([I+]c2ccc3ccccc3c2)c(C)c1.O=S(=O)([O-])C(F)(F)F. The number of benzene rings is 3. The quantitative estimate of drug-likeness (QED) is 0.294. The summed E-state index contributed by atoms with van der Waals surface area (Å²) in [7, 11) is -6.09. The number of hydrogen-bond donors (Lipinski definition) is 0. The molecular weight excluding hydrogens is 504 g/mol. The van der Waals surface area contributed by atoms with Crippen LogP contribution in [0.3, 0.4) is 0 Å². The highest BCUT2D eigenvalue weighted by Crippen LogP contribution is 2.20. The first-order valence-electron chi connectivity index (χ1n) is 8.12. The molecule has 0 heterocycles. The van der Waals surface area contributed by atoms with E-state index in [1.54, 1.807) is 3.57 Å². The van der Waals surface area contributed by atoms with Crippen molar-refractivity contribution in [3.8, 4) is 0 Å². The Balaban J connectivity index is 0.000000300. The number of fused-ring (bicyclic) bond motifs is 1. The third-order valence-corrected chi connectivity index (χ3v) is 7.88. The third-order valence-electron chi connectivity index (χ3n) is 3.78. The Morgan fingerprint density at radius 2 is 1.36 bits per heavy atom. The molecule has 0 radical (unpaired) electrons. The van der Waals surface area contributed by atoms with Gasteiger partial charge in [0.1, 0.15) is 0 Å². The summed E-state index contributed by atoms with van der Waals surface area (Å²) in [5, 5.41) is 2.68. The first kappa shape index (κ1) is 22.6. The molecule has 0 saturated carbocycles. The van der Waals surface area contributed by atoms with Gasteiger partial charge in [-0.3, -0.25) is 0 Å². The van der Waals surface area contributed by atoms with Gasteiger partial charge < -0.3 is 4.55 Å². The van der Waals surface area contributed by atoms with Crippen molar-refractivity contribution in [2.45, 2.75) is 26.3 Å². The van der Waals surface area contributed by atoms with E-state index in [9.17, 15) is 13.2 Å². The molecule has 0 amide bonds. The lowest BCUT2D eigenvalue weighted by Crippen LogP contribution is -3.62. The van der Waals surface area contributed by atoms with Crippen LogP contribution in [0.1, 0.15) is 16.7 Å². The molecule has 0 N–H and O–H groups in total. The van der Waals surface area contributed by atoms with Gasteiger partial charge in [0.15, 0.2) is 17.3 Å². The topological polar surface area (TPSA) is 57.2 Å². The highest BCUT2D eigenvalue weighted by Gasteiger charge is 2.36. The lowest BCUT2D eigenvalue weighted by Gasteiger charge is -2.08. The smallest absolute Gasteiger partial charge is 0.485 e. The maximum atomic E-state index is 10.7. The summed E-state index contributed by atoms with van der Waals surface area (Å²) in [5.41, 5.74) is -1.38. The van der Waals surface area contributed by atoms with Crippen molar-refractivity contribution >= 4 is 20.9 Å². The minimum atomic E-state index is -6.09. The molecule has 28 heavy (non-hydrogen) atoms. The highest BCUT2D eigenvalue weighted by atomic mass is 127. The van der Waals surface area contributed by atoms with Crippen molar-refractivity contribution in [1.29, 1.82) is 0 Å². The average molecular weight is 522 g/mol. The number of rotatable bonds is 2. The van der Waals surface area contributed by atoms with E-state index in [1.165, 1.54) is 31.0 Å². The van der Waals surface area contributed by atoms with E-state index in [2.05, 4.69) is 75.4 Å². The van der Waals surface area contributed by atoms with Crippen molar-refractivity contribution in [3.63, 3.8) is 0 Å². The van der Waals surface area contributed by atoms with E-state index in [4.69, 9.17) is 13.0 Å². The van der Waals surface area contributed by atoms with Crippen LogP contribution in [0.25, 0.3) is 10.8 Å². The molecule has 3 aromatic rings. The van der Waals surface area contributed by atoms with Crippen molar-refractivity contribution in [2.24, 2.45) is 0 Å². The Bertz CT molecular complexity index is 1070. The monoisotopic (exact) mass is 522 g/mol. The van der Waals surface area contributed by atoms with Crippen molar-refractivity contribution in [3.05, 3.63) is 78.4 Å². The van der Waals surface area contributed by atoms with Gasteiger partial charge in [0.25, 0.3) is 0 Å². The van der Waals surface area contributed by atoms with Crippen LogP contribution in [0, 0.1) is 27.9 Å². The van der Waals surface area contributed by atoms with Gasteiger partial charge in [-0.1, -0.05) is 42.0 Å². The van der Waals surface area contributed by atoms with Gasteiger partial charge in [0.05, 0.1) is 0 Å². The molecule has 8 heteroatoms. The van der Waals surface area contributed by atoms with Gasteiger partial charge in [-0.15, -0.1) is 0 Å². The zero-order valence-corrected chi connectivity index (χ0v) is 18.3. The Labute approximate surface area is 172 Å². The Morgan fingerprint density at radius 1 is 0.857 bits per heavy atom. The molecule has 0 aromatic heterocycles. The van der Waals surface area contributed by atoms with Crippen LogP contribution >= 0.6 is 0 Å². The standard InChI is InChI=1S/C19H18I.CHF3O3S/c1-13-10-14(2)19(15(3)11-13)20-18-9-8-16-6-4-5-7-17(16)12-18;2-1(3,4)8(5,6)7/h4-12H,1-3H3;(H,5,6,7)/q+1;/p-1. The Hall–Kier alpha value is -1.65. The van der Waals surface area contributed by atoms with E-state index in [0.717, 1.165) is 0 Å². The molecule has 0 fully saturated rings. The van der Waals surface area contributed by atoms with E-state index in [-0.39, 0.29) is 21.2 Å². The predicted molar refractivity (Wildman–Crippen MR) is 97.7 cm³/mol. The summed E-state index contributed by atoms with van der Waals surface area (Å²) in [6, 6.07) is 20.1. The van der Waals surface area contributed by atoms with Crippen molar-refractivity contribution in [1.82, 2.24) is 0 Å². The first-order valence-corrected chi connectivity index (χ1v) is 11.7. The molecule has 150 valence electrons. The van der Waals surface area contributed by atoms with Crippen LogP contribution in [0.4, 0.5) is 13.2 Å². The molecule has 0 saturated heterocycles. The van der Waals surface area contributed by atoms with Gasteiger partial charge in [0, 0.05) is 11.1 Å². The maximum absolute atomic E-state index is 10.7. The zero-order valence-electron chi connectivity index (χ0n) is 15.3. The second-order valence-electron chi connectivity index (χ2n) is 6.20. The molecule has 0 aliphatic heterocycles. The average Bonchev–Trinajstić information content (AvgIpc) is 2.57. The minimum absolute atomic E-state index is 0.102. The van der Waals surface area contributed by atoms with Crippen LogP contribution in [0.15, 0.2) is 54.6 Å². The lowest BCUT2D eigenvalue weighted by molar-refractivity contribution is -0.598. The molecule has 3 aromatic carbocycles. The fraction of sp³-hybridized carbons (Fsp3) is 0.200. The Morgan fingerprint density at radius 3 is 1.86 bits per heavy atom. The summed E-state index contributed by atoms with van der Waals surface area (Å²) >= 11 is -0.102. The van der Waals surface area contributed by atoms with Crippen molar-refractivity contribution < 1.29 is 47.3 Å². The van der Waals surface area contributed by atoms with Gasteiger partial charge in [-0.2, -0.15) is 13.2 Å². The van der Waals surface area contributed by atoms with Crippen LogP contribution < -0.4 is 21.2 Å². The molecule has 3 rings (SSSR count). The summed E-state index contributed by atoms with van der Waals surface area (Å²) < 4.78 is 62.0. The lowest BCUT2D eigenvalue weighted by atomic mass is 10.1. The maximum Gasteiger partial charge on any atom is 0.485 e. The first-order chi connectivity index (χ1) is 12.9. The molecular formula is C20H18F3IO3S. The second-order valence-corrected chi connectivity index (χ2v) is 10.4. The van der Waals surface area contributed by atoms with Crippen molar-refractivity contribution in [2.75, 3.05) is 0 Å². The predicted octanol–water partition coefficient (Wildman–Crippen LogP) is 1.94. The van der Waals surface area contributed by atoms with E-state index in [1.807, 2.05) is 0 Å². The fourth-order valence-corrected chi connectivity index (χ4v) is 5.28. The molecule has 0 atom stereocenters. The van der Waals surface area contributed by atoms with Gasteiger partial charge in [-0.05, 0) is 49.7 Å². The molecule has 0 aliphatic rings. The largest absolute Gasteiger partial charge is 0.741 e. The van der Waals surface area contributed by atoms with E-state index in [0.29, 0.717) is 0 Å². The summed E-state index contributed by atoms with van der Waals surface area (Å²) in [5.74, 6) is 0. The molecule has 0 bridgehead atoms. The molecule has 0 aliphatic carbocycles. The molecule has 0 spiro atoms. The molecule has 0 unspecified atom stereocenters. The molecule has 3 nitrogen and oxygen atoms in total. The van der Waals surface area contributed by atoms with Gasteiger partial charge >= 0.3 is 26.7 Å². The zero-order chi connectivity index (χ0) is 21.1. The summed E-state index contributed by atoms with van der Waals surface area (Å²) in [4.78, 5) is 0. The number of halogens is 4. The highest BCUT2D eigenvalue weighted by molar-refractivity contribution is 7.86. The number of alkyl halides is 3. The van der Waals surface area contributed by atoms with Crippen LogP contribution in [0.5, 0.6) is 0 Å². The number of aryl methyl sites for hydroxylation is 3. The Kier molecular flexibility index (Phi) is 7.11. The third kappa shape index (κ3) is 5.92. The fourth-order valence-electron chi connectivity index (χ4n) is 2.64. The van der Waals surface area contributed by atoms with E-state index < -0.39 is 15.6 Å². The van der Waals surface area contributed by atoms with Gasteiger partial charge in [0.2, 0.25) is 0 Å². The minimum Gasteiger partial charge on any atom is -0.741 e. The van der Waals surface area contributed by atoms with E-state index >= 15 is 0 Å². The van der Waals surface area contributed by atoms with Gasteiger partial charge in [-0.25, -0.2) is 8.42 Å². The van der Waals surface area contributed by atoms with Crippen LogP contribution in [0.2, 0.25) is 0 Å². The number of hydrogen-bond acceptors (Lipinski definition) is 3. The second kappa shape index (κ2) is 8.79. The van der Waals surface area contributed by atoms with Crippen LogP contribution in [-0.4, -0.2) is 18.5 Å². The van der Waals surface area contributed by atoms with Crippen LogP contribution in [-0.2, 0) is 10.1 Å².